The van der Waals surface area contributed by atoms with Crippen molar-refractivity contribution in [2.75, 3.05) is 25.7 Å². The summed E-state index contributed by atoms with van der Waals surface area (Å²) in [5.74, 6) is 3.89. The van der Waals surface area contributed by atoms with Gasteiger partial charge in [-0.2, -0.15) is 16.7 Å². The van der Waals surface area contributed by atoms with E-state index in [9.17, 15) is 0 Å². The summed E-state index contributed by atoms with van der Waals surface area (Å²) >= 11 is 1.73. The molecule has 0 fully saturated rings. The molecule has 0 aliphatic heterocycles. The summed E-state index contributed by atoms with van der Waals surface area (Å²) in [5.41, 5.74) is 7.14. The van der Waals surface area contributed by atoms with E-state index in [-0.39, 0.29) is 0 Å². The maximum absolute atomic E-state index is 5.99. The smallest absolute Gasteiger partial charge is 0.260 e. The molecule has 2 aromatic rings. The van der Waals surface area contributed by atoms with Crippen LogP contribution in [0, 0.1) is 0 Å². The highest BCUT2D eigenvalue weighted by Crippen LogP contribution is 2.36. The summed E-state index contributed by atoms with van der Waals surface area (Å²) in [7, 11) is 3.12. The molecule has 1 aromatic carbocycles. The van der Waals surface area contributed by atoms with Crippen LogP contribution < -0.4 is 15.2 Å². The van der Waals surface area contributed by atoms with E-state index in [1.807, 2.05) is 0 Å². The fourth-order valence-corrected chi connectivity index (χ4v) is 2.20. The molecule has 20 heavy (non-hydrogen) atoms. The zero-order valence-electron chi connectivity index (χ0n) is 11.7. The molecule has 0 unspecified atom stereocenters. The summed E-state index contributed by atoms with van der Waals surface area (Å²) in [4.78, 5) is 4.33. The first-order valence-corrected chi connectivity index (χ1v) is 7.27. The van der Waals surface area contributed by atoms with Crippen LogP contribution in [-0.2, 0) is 5.75 Å². The number of aromatic nitrogens is 2. The molecule has 1 aromatic heterocycles. The summed E-state index contributed by atoms with van der Waals surface area (Å²) in [6.45, 7) is 2.08. The third-order valence-corrected chi connectivity index (χ3v) is 3.56. The molecule has 7 heteroatoms. The minimum Gasteiger partial charge on any atom is -0.493 e. The Balaban J connectivity index is 2.34. The van der Waals surface area contributed by atoms with Crippen molar-refractivity contribution >= 4 is 17.4 Å². The molecule has 0 spiro atoms. The molecule has 2 N–H and O–H groups in total. The molecule has 0 aliphatic carbocycles. The van der Waals surface area contributed by atoms with E-state index in [4.69, 9.17) is 19.7 Å². The van der Waals surface area contributed by atoms with Gasteiger partial charge in [-0.25, -0.2) is 0 Å². The predicted molar refractivity (Wildman–Crippen MR) is 79.1 cm³/mol. The zero-order chi connectivity index (χ0) is 14.5. The lowest BCUT2D eigenvalue weighted by Crippen LogP contribution is -1.96. The van der Waals surface area contributed by atoms with E-state index in [0.29, 0.717) is 40.2 Å². The number of hydrogen-bond donors (Lipinski definition) is 1. The van der Waals surface area contributed by atoms with Crippen molar-refractivity contribution in [2.45, 2.75) is 12.7 Å². The average molecular weight is 295 g/mol. The van der Waals surface area contributed by atoms with E-state index in [2.05, 4.69) is 17.1 Å². The highest BCUT2D eigenvalue weighted by molar-refractivity contribution is 7.98. The lowest BCUT2D eigenvalue weighted by Gasteiger charge is -2.10. The predicted octanol–water partition coefficient (Wildman–Crippen LogP) is 2.59. The van der Waals surface area contributed by atoms with Gasteiger partial charge >= 0.3 is 0 Å². The number of methoxy groups -OCH3 is 2. The van der Waals surface area contributed by atoms with Crippen LogP contribution in [0.4, 0.5) is 5.69 Å². The maximum atomic E-state index is 5.99. The maximum Gasteiger partial charge on any atom is 0.260 e. The normalized spacial score (nSPS) is 10.6. The molecule has 2 rings (SSSR count). The Labute approximate surface area is 121 Å². The fraction of sp³-hybridized carbons (Fsp3) is 0.385. The number of hydrogen-bond acceptors (Lipinski definition) is 7. The molecular formula is C13H17N3O3S. The number of ether oxygens (including phenoxy) is 2. The second kappa shape index (κ2) is 6.51. The van der Waals surface area contributed by atoms with Gasteiger partial charge in [-0.3, -0.25) is 0 Å². The van der Waals surface area contributed by atoms with Crippen LogP contribution in [0.1, 0.15) is 12.7 Å². The lowest BCUT2D eigenvalue weighted by molar-refractivity contribution is 0.355. The quantitative estimate of drug-likeness (QED) is 0.820. The molecule has 0 amide bonds. The third-order valence-electron chi connectivity index (χ3n) is 2.69. The highest BCUT2D eigenvalue weighted by atomic mass is 32.2. The van der Waals surface area contributed by atoms with Gasteiger partial charge in [0.25, 0.3) is 5.89 Å². The summed E-state index contributed by atoms with van der Waals surface area (Å²) in [6, 6.07) is 3.41. The first-order chi connectivity index (χ1) is 9.69. The van der Waals surface area contributed by atoms with Gasteiger partial charge in [0.05, 0.1) is 25.5 Å². The lowest BCUT2D eigenvalue weighted by atomic mass is 10.1. The number of thioether (sulfide) groups is 1. The van der Waals surface area contributed by atoms with Gasteiger partial charge in [0, 0.05) is 11.8 Å². The van der Waals surface area contributed by atoms with Crippen molar-refractivity contribution in [2.24, 2.45) is 0 Å². The van der Waals surface area contributed by atoms with Gasteiger partial charge in [-0.1, -0.05) is 12.1 Å². The van der Waals surface area contributed by atoms with Crippen molar-refractivity contribution in [1.82, 2.24) is 10.1 Å². The number of benzene rings is 1. The number of nitrogen functional groups attached to an aromatic ring is 1. The van der Waals surface area contributed by atoms with Crippen LogP contribution >= 0.6 is 11.8 Å². The Bertz CT molecular complexity index is 586. The van der Waals surface area contributed by atoms with E-state index < -0.39 is 0 Å². The van der Waals surface area contributed by atoms with Crippen molar-refractivity contribution in [3.05, 3.63) is 18.0 Å². The van der Waals surface area contributed by atoms with Crippen LogP contribution in [-0.4, -0.2) is 30.1 Å². The average Bonchev–Trinajstić information content (AvgIpc) is 2.93. The van der Waals surface area contributed by atoms with Crippen LogP contribution in [0.3, 0.4) is 0 Å². The minimum absolute atomic E-state index is 0.384. The Morgan fingerprint density at radius 1 is 1.25 bits per heavy atom. The number of nitrogens with zero attached hydrogens (tertiary/aromatic N) is 2. The first-order valence-electron chi connectivity index (χ1n) is 6.11. The molecule has 6 nitrogen and oxygen atoms in total. The van der Waals surface area contributed by atoms with Gasteiger partial charge in [0.1, 0.15) is 0 Å². The van der Waals surface area contributed by atoms with Crippen molar-refractivity contribution < 1.29 is 14.0 Å². The molecule has 0 bridgehead atoms. The number of anilines is 1. The van der Waals surface area contributed by atoms with Gasteiger partial charge in [0.2, 0.25) is 0 Å². The topological polar surface area (TPSA) is 83.4 Å². The SMILES string of the molecule is CCSCc1noc(-c2cc(OC)c(OC)cc2N)n1. The van der Waals surface area contributed by atoms with Crippen molar-refractivity contribution in [3.8, 4) is 23.0 Å². The first kappa shape index (κ1) is 14.5. The van der Waals surface area contributed by atoms with Gasteiger partial charge < -0.3 is 19.7 Å². The summed E-state index contributed by atoms with van der Waals surface area (Å²) in [5, 5.41) is 3.93. The fourth-order valence-electron chi connectivity index (χ4n) is 1.70. The molecule has 0 aliphatic rings. The Kier molecular flexibility index (Phi) is 4.73. The van der Waals surface area contributed by atoms with Gasteiger partial charge in [-0.15, -0.1) is 0 Å². The number of nitrogens with two attached hydrogens (primary N) is 1. The molecular weight excluding hydrogens is 278 g/mol. The Hall–Kier alpha value is -1.89. The second-order valence-electron chi connectivity index (χ2n) is 3.95. The van der Waals surface area contributed by atoms with Crippen LogP contribution in [0.2, 0.25) is 0 Å². The van der Waals surface area contributed by atoms with Crippen molar-refractivity contribution in [3.63, 3.8) is 0 Å². The Morgan fingerprint density at radius 2 is 1.95 bits per heavy atom. The molecule has 0 atom stereocenters. The van der Waals surface area contributed by atoms with Gasteiger partial charge in [-0.05, 0) is 11.8 Å². The summed E-state index contributed by atoms with van der Waals surface area (Å²) < 4.78 is 15.7. The van der Waals surface area contributed by atoms with E-state index in [1.54, 1.807) is 38.1 Å². The number of rotatable bonds is 6. The van der Waals surface area contributed by atoms with Crippen LogP contribution in [0.5, 0.6) is 11.5 Å². The molecule has 0 saturated carbocycles. The molecule has 1 heterocycles. The largest absolute Gasteiger partial charge is 0.493 e. The minimum atomic E-state index is 0.384. The van der Waals surface area contributed by atoms with E-state index in [0.717, 1.165) is 5.75 Å². The van der Waals surface area contributed by atoms with E-state index in [1.165, 1.54) is 0 Å². The van der Waals surface area contributed by atoms with Crippen LogP contribution in [0.25, 0.3) is 11.5 Å². The molecule has 108 valence electrons. The third kappa shape index (κ3) is 2.98. The monoisotopic (exact) mass is 295 g/mol. The highest BCUT2D eigenvalue weighted by Gasteiger charge is 2.16. The van der Waals surface area contributed by atoms with E-state index >= 15 is 0 Å². The second-order valence-corrected chi connectivity index (χ2v) is 5.22. The Morgan fingerprint density at radius 3 is 2.60 bits per heavy atom. The van der Waals surface area contributed by atoms with Gasteiger partial charge in [0.15, 0.2) is 17.3 Å². The van der Waals surface area contributed by atoms with Crippen molar-refractivity contribution in [1.29, 1.82) is 0 Å². The van der Waals surface area contributed by atoms with Crippen LogP contribution in [0.15, 0.2) is 16.7 Å². The summed E-state index contributed by atoms with van der Waals surface area (Å²) in [6.07, 6.45) is 0. The zero-order valence-corrected chi connectivity index (χ0v) is 12.5. The molecule has 0 saturated heterocycles. The standard InChI is InChI=1S/C13H17N3O3S/c1-4-20-7-12-15-13(19-16-12)8-5-10(17-2)11(18-3)6-9(8)14/h5-6H,4,7,14H2,1-3H3. The molecule has 0 radical (unpaired) electrons.